The van der Waals surface area contributed by atoms with Gasteiger partial charge in [0.1, 0.15) is 11.6 Å². The third-order valence-corrected chi connectivity index (χ3v) is 2.41. The molecular weight excluding hydrogens is 234 g/mol. The Kier molecular flexibility index (Phi) is 3.54. The van der Waals surface area contributed by atoms with Gasteiger partial charge >= 0.3 is 0 Å². The predicted molar refractivity (Wildman–Crippen MR) is 64.8 cm³/mol. The molecule has 0 heterocycles. The van der Waals surface area contributed by atoms with Crippen LogP contribution in [0.2, 0.25) is 0 Å². The first-order chi connectivity index (χ1) is 8.67. The van der Waals surface area contributed by atoms with Gasteiger partial charge in [-0.1, -0.05) is 6.07 Å². The molecule has 0 fully saturated rings. The van der Waals surface area contributed by atoms with Crippen LogP contribution < -0.4 is 5.32 Å². The topological polar surface area (TPSA) is 35.8 Å². The SMILES string of the molecule is N#Cc1cc(F)cc(CNc2cccc(F)c2)c1. The van der Waals surface area contributed by atoms with Crippen molar-refractivity contribution in [3.63, 3.8) is 0 Å². The van der Waals surface area contributed by atoms with Gasteiger partial charge in [0.05, 0.1) is 11.6 Å². The van der Waals surface area contributed by atoms with E-state index in [1.165, 1.54) is 24.3 Å². The zero-order valence-electron chi connectivity index (χ0n) is 9.45. The van der Waals surface area contributed by atoms with Crippen molar-refractivity contribution in [2.24, 2.45) is 0 Å². The molecule has 90 valence electrons. The Morgan fingerprint density at radius 1 is 1.06 bits per heavy atom. The lowest BCUT2D eigenvalue weighted by Crippen LogP contribution is -2.00. The normalized spacial score (nSPS) is 9.83. The monoisotopic (exact) mass is 244 g/mol. The fourth-order valence-electron chi connectivity index (χ4n) is 1.62. The van der Waals surface area contributed by atoms with E-state index in [2.05, 4.69) is 5.32 Å². The van der Waals surface area contributed by atoms with Gasteiger partial charge in [-0.25, -0.2) is 8.78 Å². The zero-order valence-corrected chi connectivity index (χ0v) is 9.45. The van der Waals surface area contributed by atoms with Gasteiger partial charge in [0.25, 0.3) is 0 Å². The van der Waals surface area contributed by atoms with Crippen LogP contribution in [0.25, 0.3) is 0 Å². The highest BCUT2D eigenvalue weighted by molar-refractivity contribution is 5.44. The summed E-state index contributed by atoms with van der Waals surface area (Å²) in [6, 6.07) is 12.0. The number of nitrogens with zero attached hydrogens (tertiary/aromatic N) is 1. The average molecular weight is 244 g/mol. The number of benzene rings is 2. The van der Waals surface area contributed by atoms with E-state index in [0.717, 1.165) is 0 Å². The van der Waals surface area contributed by atoms with Gasteiger partial charge in [0.15, 0.2) is 0 Å². The quantitative estimate of drug-likeness (QED) is 0.897. The molecule has 0 aromatic heterocycles. The molecule has 2 nitrogen and oxygen atoms in total. The van der Waals surface area contributed by atoms with Crippen LogP contribution in [0.5, 0.6) is 0 Å². The van der Waals surface area contributed by atoms with E-state index >= 15 is 0 Å². The molecule has 0 saturated heterocycles. The molecule has 18 heavy (non-hydrogen) atoms. The van der Waals surface area contributed by atoms with Crippen LogP contribution in [-0.4, -0.2) is 0 Å². The highest BCUT2D eigenvalue weighted by Crippen LogP contribution is 2.13. The summed E-state index contributed by atoms with van der Waals surface area (Å²) in [5, 5.41) is 11.7. The molecule has 0 spiro atoms. The number of halogens is 2. The van der Waals surface area contributed by atoms with E-state index in [-0.39, 0.29) is 11.4 Å². The maximum atomic E-state index is 13.2. The first kappa shape index (κ1) is 12.1. The Labute approximate surface area is 103 Å². The first-order valence-corrected chi connectivity index (χ1v) is 5.36. The lowest BCUT2D eigenvalue weighted by atomic mass is 10.1. The van der Waals surface area contributed by atoms with Crippen molar-refractivity contribution in [2.45, 2.75) is 6.54 Å². The number of hydrogen-bond acceptors (Lipinski definition) is 2. The molecule has 1 N–H and O–H groups in total. The highest BCUT2D eigenvalue weighted by atomic mass is 19.1. The van der Waals surface area contributed by atoms with Crippen LogP contribution in [0.15, 0.2) is 42.5 Å². The van der Waals surface area contributed by atoms with Gasteiger partial charge in [0.2, 0.25) is 0 Å². The van der Waals surface area contributed by atoms with Gasteiger partial charge in [-0.3, -0.25) is 0 Å². The molecule has 0 amide bonds. The van der Waals surface area contributed by atoms with Crippen LogP contribution in [0.1, 0.15) is 11.1 Å². The number of rotatable bonds is 3. The van der Waals surface area contributed by atoms with Crippen LogP contribution in [0.3, 0.4) is 0 Å². The third-order valence-electron chi connectivity index (χ3n) is 2.41. The molecule has 0 saturated carbocycles. The van der Waals surface area contributed by atoms with Crippen molar-refractivity contribution >= 4 is 5.69 Å². The summed E-state index contributed by atoms with van der Waals surface area (Å²) in [6.07, 6.45) is 0. The lowest BCUT2D eigenvalue weighted by Gasteiger charge is -2.07. The van der Waals surface area contributed by atoms with Gasteiger partial charge in [-0.05, 0) is 42.0 Å². The molecule has 0 atom stereocenters. The highest BCUT2D eigenvalue weighted by Gasteiger charge is 2.01. The maximum Gasteiger partial charge on any atom is 0.125 e. The third kappa shape index (κ3) is 3.05. The summed E-state index contributed by atoms with van der Waals surface area (Å²) < 4.78 is 26.1. The Balaban J connectivity index is 2.11. The summed E-state index contributed by atoms with van der Waals surface area (Å²) in [4.78, 5) is 0. The van der Waals surface area contributed by atoms with Crippen LogP contribution in [0, 0.1) is 23.0 Å². The largest absolute Gasteiger partial charge is 0.381 e. The van der Waals surface area contributed by atoms with Crippen molar-refractivity contribution in [3.05, 3.63) is 65.2 Å². The molecule has 0 unspecified atom stereocenters. The fourth-order valence-corrected chi connectivity index (χ4v) is 1.62. The number of hydrogen-bond donors (Lipinski definition) is 1. The summed E-state index contributed by atoms with van der Waals surface area (Å²) in [6.45, 7) is 0.329. The van der Waals surface area contributed by atoms with E-state index < -0.39 is 5.82 Å². The number of nitrogens with one attached hydrogen (secondary N) is 1. The molecule has 4 heteroatoms. The molecule has 0 aliphatic rings. The second-order valence-electron chi connectivity index (χ2n) is 3.82. The van der Waals surface area contributed by atoms with E-state index in [1.54, 1.807) is 18.2 Å². The minimum Gasteiger partial charge on any atom is -0.381 e. The molecular formula is C14H10F2N2. The molecule has 0 aliphatic carbocycles. The van der Waals surface area contributed by atoms with Crippen molar-refractivity contribution in [3.8, 4) is 6.07 Å². The summed E-state index contributed by atoms with van der Waals surface area (Å²) in [7, 11) is 0. The molecule has 2 aromatic rings. The minimum atomic E-state index is -0.454. The molecule has 2 rings (SSSR count). The lowest BCUT2D eigenvalue weighted by molar-refractivity contribution is 0.624. The molecule has 2 aromatic carbocycles. The van der Waals surface area contributed by atoms with Crippen LogP contribution in [-0.2, 0) is 6.54 Å². The molecule has 0 radical (unpaired) electrons. The fraction of sp³-hybridized carbons (Fsp3) is 0.0714. The summed E-state index contributed by atoms with van der Waals surface area (Å²) >= 11 is 0. The number of anilines is 1. The minimum absolute atomic E-state index is 0.269. The van der Waals surface area contributed by atoms with Crippen LogP contribution >= 0.6 is 0 Å². The summed E-state index contributed by atoms with van der Waals surface area (Å²) in [5.74, 6) is -0.790. The van der Waals surface area contributed by atoms with E-state index in [9.17, 15) is 8.78 Å². The Morgan fingerprint density at radius 2 is 1.89 bits per heavy atom. The summed E-state index contributed by atoms with van der Waals surface area (Å²) in [5.41, 5.74) is 1.51. The van der Waals surface area contributed by atoms with Gasteiger partial charge in [-0.2, -0.15) is 5.26 Å². The van der Waals surface area contributed by atoms with Crippen molar-refractivity contribution in [1.82, 2.24) is 0 Å². The zero-order chi connectivity index (χ0) is 13.0. The van der Waals surface area contributed by atoms with Crippen LogP contribution in [0.4, 0.5) is 14.5 Å². The van der Waals surface area contributed by atoms with Crippen molar-refractivity contribution in [1.29, 1.82) is 5.26 Å². The average Bonchev–Trinajstić information content (AvgIpc) is 2.36. The first-order valence-electron chi connectivity index (χ1n) is 5.36. The van der Waals surface area contributed by atoms with Gasteiger partial charge in [0, 0.05) is 12.2 Å². The Hall–Kier alpha value is -2.41. The van der Waals surface area contributed by atoms with E-state index in [4.69, 9.17) is 5.26 Å². The van der Waals surface area contributed by atoms with Gasteiger partial charge < -0.3 is 5.32 Å². The maximum absolute atomic E-state index is 13.2. The second kappa shape index (κ2) is 5.28. The Morgan fingerprint density at radius 3 is 2.61 bits per heavy atom. The van der Waals surface area contributed by atoms with Crippen molar-refractivity contribution in [2.75, 3.05) is 5.32 Å². The Bertz CT molecular complexity index is 603. The second-order valence-corrected chi connectivity index (χ2v) is 3.82. The standard InChI is InChI=1S/C14H10F2N2/c15-12-2-1-3-14(7-12)18-9-11-4-10(8-17)5-13(16)6-11/h1-7,18H,9H2. The number of nitriles is 1. The van der Waals surface area contributed by atoms with E-state index in [0.29, 0.717) is 17.8 Å². The van der Waals surface area contributed by atoms with Gasteiger partial charge in [-0.15, -0.1) is 0 Å². The predicted octanol–water partition coefficient (Wildman–Crippen LogP) is 3.45. The molecule has 0 bridgehead atoms. The van der Waals surface area contributed by atoms with Crippen molar-refractivity contribution < 1.29 is 8.78 Å². The smallest absolute Gasteiger partial charge is 0.125 e. The molecule has 0 aliphatic heterocycles. The van der Waals surface area contributed by atoms with E-state index in [1.807, 2.05) is 6.07 Å².